The molecule has 0 radical (unpaired) electrons. The number of ether oxygens (including phenoxy) is 1. The van der Waals surface area contributed by atoms with Crippen LogP contribution in [0.5, 0.6) is 0 Å². The highest BCUT2D eigenvalue weighted by Crippen LogP contribution is 2.39. The molecular weight excluding hydrogens is 232 g/mol. The molecule has 1 spiro atoms. The molecule has 2 fully saturated rings. The van der Waals surface area contributed by atoms with E-state index in [4.69, 9.17) is 4.74 Å². The third-order valence-electron chi connectivity index (χ3n) is 3.95. The zero-order valence-electron chi connectivity index (χ0n) is 10.9. The van der Waals surface area contributed by atoms with Gasteiger partial charge in [0.25, 0.3) is 0 Å². The van der Waals surface area contributed by atoms with Gasteiger partial charge in [-0.2, -0.15) is 0 Å². The lowest BCUT2D eigenvalue weighted by molar-refractivity contribution is -0.181. The van der Waals surface area contributed by atoms with E-state index < -0.39 is 17.5 Å². The molecule has 18 heavy (non-hydrogen) atoms. The van der Waals surface area contributed by atoms with Gasteiger partial charge in [0.2, 0.25) is 0 Å². The van der Waals surface area contributed by atoms with Crippen molar-refractivity contribution in [3.63, 3.8) is 0 Å². The van der Waals surface area contributed by atoms with Crippen molar-refractivity contribution in [2.75, 3.05) is 0 Å². The molecule has 0 bridgehead atoms. The van der Waals surface area contributed by atoms with Crippen molar-refractivity contribution >= 4 is 17.5 Å². The fraction of sp³-hybridized carbons (Fsp3) is 0.786. The van der Waals surface area contributed by atoms with Crippen LogP contribution in [0.3, 0.4) is 0 Å². The minimum Gasteiger partial charge on any atom is -0.458 e. The maximum absolute atomic E-state index is 12.1. The Hall–Kier alpha value is -1.19. The van der Waals surface area contributed by atoms with Gasteiger partial charge in [-0.25, -0.2) is 0 Å². The third kappa shape index (κ3) is 2.47. The fourth-order valence-corrected chi connectivity index (χ4v) is 3.04. The van der Waals surface area contributed by atoms with E-state index in [0.717, 1.165) is 32.1 Å². The predicted molar refractivity (Wildman–Crippen MR) is 64.9 cm³/mol. The highest BCUT2D eigenvalue weighted by Gasteiger charge is 2.49. The average Bonchev–Trinajstić information content (AvgIpc) is 2.28. The summed E-state index contributed by atoms with van der Waals surface area (Å²) in [5.74, 6) is -2.26. The van der Waals surface area contributed by atoms with Gasteiger partial charge >= 0.3 is 5.97 Å². The van der Waals surface area contributed by atoms with Crippen LogP contribution in [0.4, 0.5) is 0 Å². The summed E-state index contributed by atoms with van der Waals surface area (Å²) in [6, 6.07) is 0. The largest absolute Gasteiger partial charge is 0.458 e. The number of esters is 1. The van der Waals surface area contributed by atoms with E-state index in [1.165, 1.54) is 0 Å². The molecule has 4 nitrogen and oxygen atoms in total. The first kappa shape index (κ1) is 13.2. The van der Waals surface area contributed by atoms with E-state index in [2.05, 4.69) is 0 Å². The topological polar surface area (TPSA) is 60.4 Å². The summed E-state index contributed by atoms with van der Waals surface area (Å²) in [5, 5.41) is 0. The summed E-state index contributed by atoms with van der Waals surface area (Å²) in [6.07, 6.45) is 5.81. The lowest BCUT2D eigenvalue weighted by Gasteiger charge is -2.40. The molecule has 2 rings (SSSR count). The van der Waals surface area contributed by atoms with Crippen LogP contribution in [0.25, 0.3) is 0 Å². The van der Waals surface area contributed by atoms with E-state index in [0.29, 0.717) is 6.42 Å². The third-order valence-corrected chi connectivity index (χ3v) is 3.95. The van der Waals surface area contributed by atoms with E-state index in [-0.39, 0.29) is 24.4 Å². The predicted octanol–water partition coefficient (Wildman–Crippen LogP) is 2.19. The second-order valence-electron chi connectivity index (χ2n) is 5.46. The maximum Gasteiger partial charge on any atom is 0.324 e. The minimum absolute atomic E-state index is 0.230. The van der Waals surface area contributed by atoms with Gasteiger partial charge in [-0.05, 0) is 32.1 Å². The zero-order valence-corrected chi connectivity index (χ0v) is 10.9. The second-order valence-corrected chi connectivity index (χ2v) is 5.46. The summed E-state index contributed by atoms with van der Waals surface area (Å²) in [7, 11) is 0. The number of Topliss-reactive ketones (excluding diaryl/α,β-unsaturated/α-hetero) is 2. The van der Waals surface area contributed by atoms with E-state index in [1.54, 1.807) is 0 Å². The number of carbonyl (C=O) groups excluding carboxylic acids is 3. The van der Waals surface area contributed by atoms with Crippen molar-refractivity contribution < 1.29 is 19.1 Å². The molecular formula is C14H20O4. The molecule has 1 saturated carbocycles. The Labute approximate surface area is 107 Å². The molecule has 2 aliphatic rings. The van der Waals surface area contributed by atoms with Crippen LogP contribution in [0.15, 0.2) is 0 Å². The molecule has 1 aliphatic carbocycles. The number of carbonyl (C=O) groups is 3. The Bertz CT molecular complexity index is 346. The Balaban J connectivity index is 2.10. The van der Waals surface area contributed by atoms with Crippen molar-refractivity contribution in [3.05, 3.63) is 0 Å². The molecule has 1 unspecified atom stereocenters. The zero-order chi connectivity index (χ0) is 13.2. The van der Waals surface area contributed by atoms with Crippen LogP contribution in [0.1, 0.15) is 58.3 Å². The highest BCUT2D eigenvalue weighted by molar-refractivity contribution is 6.18. The van der Waals surface area contributed by atoms with E-state index in [9.17, 15) is 14.4 Å². The first-order chi connectivity index (χ1) is 8.58. The molecule has 0 aromatic rings. The molecule has 1 aliphatic heterocycles. The molecule has 0 N–H and O–H groups in total. The van der Waals surface area contributed by atoms with Crippen molar-refractivity contribution in [2.24, 2.45) is 5.92 Å². The van der Waals surface area contributed by atoms with Crippen molar-refractivity contribution in [1.29, 1.82) is 0 Å². The molecule has 1 saturated heterocycles. The quantitative estimate of drug-likeness (QED) is 0.570. The number of hydrogen-bond donors (Lipinski definition) is 0. The maximum atomic E-state index is 12.1. The summed E-state index contributed by atoms with van der Waals surface area (Å²) in [4.78, 5) is 35.8. The molecule has 100 valence electrons. The number of rotatable bonds is 3. The molecule has 0 amide bonds. The van der Waals surface area contributed by atoms with Gasteiger partial charge in [-0.15, -0.1) is 0 Å². The Morgan fingerprint density at radius 2 is 1.94 bits per heavy atom. The van der Waals surface area contributed by atoms with Gasteiger partial charge in [-0.3, -0.25) is 14.4 Å². The van der Waals surface area contributed by atoms with Crippen LogP contribution in [-0.2, 0) is 19.1 Å². The molecule has 0 aromatic carbocycles. The Morgan fingerprint density at radius 1 is 1.28 bits per heavy atom. The minimum atomic E-state index is -1.14. The van der Waals surface area contributed by atoms with Crippen molar-refractivity contribution in [2.45, 2.75) is 63.9 Å². The SMILES string of the molecule is CCCC(=O)C1C(=O)CC2(CCCCC2)OC1=O. The van der Waals surface area contributed by atoms with Crippen LogP contribution >= 0.6 is 0 Å². The van der Waals surface area contributed by atoms with E-state index >= 15 is 0 Å². The molecule has 1 atom stereocenters. The fourth-order valence-electron chi connectivity index (χ4n) is 3.04. The lowest BCUT2D eigenvalue weighted by Crippen LogP contribution is -2.50. The van der Waals surface area contributed by atoms with Gasteiger partial charge in [-0.1, -0.05) is 13.3 Å². The van der Waals surface area contributed by atoms with Crippen LogP contribution in [0, 0.1) is 5.92 Å². The van der Waals surface area contributed by atoms with Crippen LogP contribution in [-0.4, -0.2) is 23.1 Å². The lowest BCUT2D eigenvalue weighted by atomic mass is 9.76. The Kier molecular flexibility index (Phi) is 3.83. The van der Waals surface area contributed by atoms with Crippen molar-refractivity contribution in [3.8, 4) is 0 Å². The molecule has 1 heterocycles. The summed E-state index contributed by atoms with van der Waals surface area (Å²) in [5.41, 5.74) is -0.588. The summed E-state index contributed by atoms with van der Waals surface area (Å²) in [6.45, 7) is 1.86. The summed E-state index contributed by atoms with van der Waals surface area (Å²) < 4.78 is 5.48. The standard InChI is InChI=1S/C14H20O4/c1-2-6-10(15)12-11(16)9-14(18-13(12)17)7-4-3-5-8-14/h12H,2-9H2,1H3. The normalized spacial score (nSPS) is 27.1. The van der Waals surface area contributed by atoms with Crippen LogP contribution < -0.4 is 0 Å². The second kappa shape index (κ2) is 5.21. The first-order valence-electron chi connectivity index (χ1n) is 6.86. The van der Waals surface area contributed by atoms with Crippen LogP contribution in [0.2, 0.25) is 0 Å². The molecule has 0 aromatic heterocycles. The average molecular weight is 252 g/mol. The van der Waals surface area contributed by atoms with Gasteiger partial charge in [0.1, 0.15) is 5.60 Å². The van der Waals surface area contributed by atoms with Gasteiger partial charge in [0.15, 0.2) is 17.5 Å². The Morgan fingerprint density at radius 3 is 2.50 bits per heavy atom. The molecule has 4 heteroatoms. The number of hydrogen-bond acceptors (Lipinski definition) is 4. The van der Waals surface area contributed by atoms with Gasteiger partial charge < -0.3 is 4.74 Å². The smallest absolute Gasteiger partial charge is 0.324 e. The van der Waals surface area contributed by atoms with Gasteiger partial charge in [0, 0.05) is 12.8 Å². The van der Waals surface area contributed by atoms with Crippen molar-refractivity contribution in [1.82, 2.24) is 0 Å². The number of ketones is 2. The first-order valence-corrected chi connectivity index (χ1v) is 6.86. The summed E-state index contributed by atoms with van der Waals surface area (Å²) >= 11 is 0. The highest BCUT2D eigenvalue weighted by atomic mass is 16.6. The van der Waals surface area contributed by atoms with E-state index in [1.807, 2.05) is 6.92 Å². The van der Waals surface area contributed by atoms with Gasteiger partial charge in [0.05, 0.1) is 0 Å². The monoisotopic (exact) mass is 252 g/mol.